The predicted molar refractivity (Wildman–Crippen MR) is 137 cm³/mol. The van der Waals surface area contributed by atoms with Crippen LogP contribution in [0.2, 0.25) is 5.02 Å². The number of nitrogens with zero attached hydrogens (tertiary/aromatic N) is 2. The summed E-state index contributed by atoms with van der Waals surface area (Å²) in [5, 5.41) is 3.93. The van der Waals surface area contributed by atoms with Crippen LogP contribution in [0.3, 0.4) is 0 Å². The molecule has 0 aliphatic heterocycles. The van der Waals surface area contributed by atoms with E-state index in [2.05, 4.69) is 26.2 Å². The van der Waals surface area contributed by atoms with Gasteiger partial charge in [-0.1, -0.05) is 17.7 Å². The van der Waals surface area contributed by atoms with Crippen LogP contribution in [0.1, 0.15) is 5.82 Å². The van der Waals surface area contributed by atoms with Gasteiger partial charge >= 0.3 is 0 Å². The molecule has 1 amide bonds. The number of benzene rings is 3. The van der Waals surface area contributed by atoms with Gasteiger partial charge in [0.15, 0.2) is 0 Å². The van der Waals surface area contributed by atoms with Crippen molar-refractivity contribution in [2.24, 2.45) is 0 Å². The fraction of sp³-hybridized carbons (Fsp3) is 0.125. The van der Waals surface area contributed by atoms with Crippen molar-refractivity contribution >= 4 is 61.8 Å². The fourth-order valence-electron chi connectivity index (χ4n) is 3.38. The minimum atomic E-state index is -0.162. The fourth-order valence-corrected chi connectivity index (χ4v) is 4.86. The predicted octanol–water partition coefficient (Wildman–Crippen LogP) is 5.85. The summed E-state index contributed by atoms with van der Waals surface area (Å²) in [6.07, 6.45) is 0. The summed E-state index contributed by atoms with van der Waals surface area (Å²) in [6.45, 7) is 1.79. The van der Waals surface area contributed by atoms with Crippen LogP contribution in [0, 0.1) is 6.92 Å². The number of carbonyl (C=O) groups excluding carboxylic acids is 1. The Hall–Kier alpha value is -2.81. The van der Waals surface area contributed by atoms with E-state index in [1.807, 2.05) is 24.3 Å². The van der Waals surface area contributed by atoms with E-state index >= 15 is 0 Å². The van der Waals surface area contributed by atoms with Crippen LogP contribution in [-0.4, -0.2) is 28.3 Å². The van der Waals surface area contributed by atoms with Gasteiger partial charge in [0.2, 0.25) is 5.91 Å². The Morgan fingerprint density at radius 1 is 1.18 bits per heavy atom. The molecule has 1 heterocycles. The quantitative estimate of drug-likeness (QED) is 0.308. The molecule has 6 nitrogen and oxygen atoms in total. The van der Waals surface area contributed by atoms with Crippen molar-refractivity contribution in [3.8, 4) is 11.4 Å². The maximum atomic E-state index is 13.1. The average Bonchev–Trinajstić information content (AvgIpc) is 2.80. The molecule has 0 radical (unpaired) electrons. The molecule has 0 aliphatic carbocycles. The molecule has 0 spiro atoms. The Morgan fingerprint density at radius 2 is 1.94 bits per heavy atom. The number of aromatic nitrogens is 2. The number of amides is 1. The number of carbonyl (C=O) groups is 1. The first-order chi connectivity index (χ1) is 15.9. The zero-order valence-electron chi connectivity index (χ0n) is 17.8. The van der Waals surface area contributed by atoms with Crippen molar-refractivity contribution in [2.75, 3.05) is 18.2 Å². The zero-order chi connectivity index (χ0) is 23.5. The number of methoxy groups -OCH3 is 1. The van der Waals surface area contributed by atoms with Crippen LogP contribution in [0.25, 0.3) is 16.6 Å². The SMILES string of the molecule is COc1cccc2c(=O)n(-c3ccc(SCC(=O)Nc4ccc(Cl)cc4Br)cc3)c(C)nc12. The maximum Gasteiger partial charge on any atom is 0.266 e. The minimum Gasteiger partial charge on any atom is -0.494 e. The molecular weight excluding hydrogens is 526 g/mol. The molecule has 0 bridgehead atoms. The largest absolute Gasteiger partial charge is 0.494 e. The lowest BCUT2D eigenvalue weighted by atomic mass is 10.2. The number of halogens is 2. The molecule has 0 saturated carbocycles. The molecule has 0 fully saturated rings. The molecule has 33 heavy (non-hydrogen) atoms. The number of rotatable bonds is 6. The number of para-hydroxylation sites is 1. The van der Waals surface area contributed by atoms with E-state index in [4.69, 9.17) is 16.3 Å². The lowest BCUT2D eigenvalue weighted by Crippen LogP contribution is -2.22. The average molecular weight is 545 g/mol. The van der Waals surface area contributed by atoms with Gasteiger partial charge in [-0.3, -0.25) is 14.2 Å². The number of fused-ring (bicyclic) bond motifs is 1. The first-order valence-corrected chi connectivity index (χ1v) is 12.1. The standard InChI is InChI=1S/C24H19BrClN3O3S/c1-14-27-23-18(4-3-5-21(23)32-2)24(31)29(14)16-7-9-17(10-8-16)33-13-22(30)28-20-11-6-15(26)12-19(20)25/h3-12H,13H2,1-2H3,(H,28,30). The van der Waals surface area contributed by atoms with Crippen molar-refractivity contribution < 1.29 is 9.53 Å². The van der Waals surface area contributed by atoms with Crippen molar-refractivity contribution in [2.45, 2.75) is 11.8 Å². The summed E-state index contributed by atoms with van der Waals surface area (Å²) in [5.41, 5.74) is 1.75. The number of hydrogen-bond donors (Lipinski definition) is 1. The van der Waals surface area contributed by atoms with Crippen molar-refractivity contribution in [1.29, 1.82) is 0 Å². The molecule has 3 aromatic carbocycles. The summed E-state index contributed by atoms with van der Waals surface area (Å²) in [5.74, 6) is 1.23. The van der Waals surface area contributed by atoms with E-state index in [1.165, 1.54) is 11.8 Å². The molecule has 168 valence electrons. The normalized spacial score (nSPS) is 10.9. The highest BCUT2D eigenvalue weighted by atomic mass is 79.9. The molecule has 9 heteroatoms. The highest BCUT2D eigenvalue weighted by Gasteiger charge is 2.13. The highest BCUT2D eigenvalue weighted by molar-refractivity contribution is 9.10. The van der Waals surface area contributed by atoms with E-state index < -0.39 is 0 Å². The van der Waals surface area contributed by atoms with Crippen LogP contribution in [0.5, 0.6) is 5.75 Å². The molecule has 0 aliphatic rings. The van der Waals surface area contributed by atoms with Crippen LogP contribution in [0.4, 0.5) is 5.69 Å². The third-order valence-electron chi connectivity index (χ3n) is 4.92. The molecular formula is C24H19BrClN3O3S. The minimum absolute atomic E-state index is 0.133. The second-order valence-electron chi connectivity index (χ2n) is 7.11. The van der Waals surface area contributed by atoms with Crippen LogP contribution < -0.4 is 15.6 Å². The third-order valence-corrected chi connectivity index (χ3v) is 6.82. The summed E-state index contributed by atoms with van der Waals surface area (Å²) in [4.78, 5) is 31.0. The molecule has 0 atom stereocenters. The number of ether oxygens (including phenoxy) is 1. The molecule has 1 N–H and O–H groups in total. The van der Waals surface area contributed by atoms with Crippen molar-refractivity contribution in [3.63, 3.8) is 0 Å². The Bertz CT molecular complexity index is 1410. The highest BCUT2D eigenvalue weighted by Crippen LogP contribution is 2.27. The van der Waals surface area contributed by atoms with Gasteiger partial charge in [-0.2, -0.15) is 0 Å². The number of nitrogens with one attached hydrogen (secondary N) is 1. The van der Waals surface area contributed by atoms with E-state index in [1.54, 1.807) is 55.0 Å². The summed E-state index contributed by atoms with van der Waals surface area (Å²) >= 11 is 10.7. The molecule has 1 aromatic heterocycles. The second-order valence-corrected chi connectivity index (χ2v) is 9.45. The summed E-state index contributed by atoms with van der Waals surface area (Å²) < 4.78 is 7.63. The van der Waals surface area contributed by atoms with Crippen molar-refractivity contribution in [3.05, 3.63) is 86.3 Å². The third kappa shape index (κ3) is 5.08. The lowest BCUT2D eigenvalue weighted by Gasteiger charge is -2.13. The van der Waals surface area contributed by atoms with Gasteiger partial charge in [-0.05, 0) is 77.5 Å². The Kier molecular flexibility index (Phi) is 7.07. The van der Waals surface area contributed by atoms with E-state index in [0.717, 1.165) is 9.37 Å². The van der Waals surface area contributed by atoms with Gasteiger partial charge in [0.25, 0.3) is 5.56 Å². The monoisotopic (exact) mass is 543 g/mol. The molecule has 4 rings (SSSR count). The smallest absolute Gasteiger partial charge is 0.266 e. The van der Waals surface area contributed by atoms with Gasteiger partial charge in [-0.15, -0.1) is 11.8 Å². The van der Waals surface area contributed by atoms with Gasteiger partial charge < -0.3 is 10.1 Å². The van der Waals surface area contributed by atoms with Gasteiger partial charge in [-0.25, -0.2) is 4.98 Å². The first kappa shape index (κ1) is 23.4. The first-order valence-electron chi connectivity index (χ1n) is 9.92. The topological polar surface area (TPSA) is 73.2 Å². The van der Waals surface area contributed by atoms with Gasteiger partial charge in [0, 0.05) is 14.4 Å². The van der Waals surface area contributed by atoms with E-state index in [9.17, 15) is 9.59 Å². The summed E-state index contributed by atoms with van der Waals surface area (Å²) in [7, 11) is 1.56. The number of aryl methyl sites for hydroxylation is 1. The number of anilines is 1. The molecule has 0 saturated heterocycles. The van der Waals surface area contributed by atoms with Crippen LogP contribution >= 0.6 is 39.3 Å². The van der Waals surface area contributed by atoms with Gasteiger partial charge in [0.05, 0.1) is 29.6 Å². The summed E-state index contributed by atoms with van der Waals surface area (Å²) in [6, 6.07) is 17.9. The molecule has 4 aromatic rings. The van der Waals surface area contributed by atoms with Gasteiger partial charge in [0.1, 0.15) is 17.1 Å². The number of hydrogen-bond acceptors (Lipinski definition) is 5. The van der Waals surface area contributed by atoms with E-state index in [0.29, 0.717) is 38.9 Å². The zero-order valence-corrected chi connectivity index (χ0v) is 20.9. The Balaban J connectivity index is 1.50. The van der Waals surface area contributed by atoms with Crippen molar-refractivity contribution in [1.82, 2.24) is 9.55 Å². The Morgan fingerprint density at radius 3 is 2.64 bits per heavy atom. The maximum absolute atomic E-state index is 13.1. The van der Waals surface area contributed by atoms with Crippen LogP contribution in [0.15, 0.2) is 74.8 Å². The Labute approximate surface area is 208 Å². The second kappa shape index (κ2) is 9.99. The lowest BCUT2D eigenvalue weighted by molar-refractivity contribution is -0.113. The van der Waals surface area contributed by atoms with E-state index in [-0.39, 0.29) is 17.2 Å². The van der Waals surface area contributed by atoms with Crippen LogP contribution in [-0.2, 0) is 4.79 Å². The number of thioether (sulfide) groups is 1. The molecule has 0 unspecified atom stereocenters.